The van der Waals surface area contributed by atoms with E-state index in [-0.39, 0.29) is 5.41 Å². The van der Waals surface area contributed by atoms with Crippen LogP contribution >= 0.6 is 0 Å². The molecule has 0 saturated carbocycles. The molecule has 0 aliphatic carbocycles. The number of fused-ring (bicyclic) bond motifs is 1. The predicted molar refractivity (Wildman–Crippen MR) is 64.8 cm³/mol. The van der Waals surface area contributed by atoms with Gasteiger partial charge in [0.2, 0.25) is 0 Å². The molecule has 0 amide bonds. The Hall–Kier alpha value is -1.64. The Kier molecular flexibility index (Phi) is 2.54. The predicted octanol–water partition coefficient (Wildman–Crippen LogP) is 2.94. The monoisotopic (exact) mass is 216 g/mol. The molecule has 0 saturated heterocycles. The van der Waals surface area contributed by atoms with Crippen LogP contribution in [0.2, 0.25) is 0 Å². The van der Waals surface area contributed by atoms with E-state index in [0.29, 0.717) is 0 Å². The Balaban J connectivity index is 2.70. The van der Waals surface area contributed by atoms with Gasteiger partial charge in [-0.3, -0.25) is 0 Å². The molecule has 2 aromatic rings. The van der Waals surface area contributed by atoms with Crippen molar-refractivity contribution in [2.24, 2.45) is 0 Å². The molecule has 3 heteroatoms. The number of benzene rings is 1. The Labute approximate surface area is 95.5 Å². The summed E-state index contributed by atoms with van der Waals surface area (Å²) in [5.41, 5.74) is 2.02. The molecule has 0 aliphatic heterocycles. The Bertz CT molecular complexity index is 515. The van der Waals surface area contributed by atoms with E-state index in [0.717, 1.165) is 22.3 Å². The van der Waals surface area contributed by atoms with Crippen LogP contribution in [0.5, 0.6) is 5.75 Å². The number of nitrogens with zero attached hydrogens (tertiary/aromatic N) is 2. The fourth-order valence-corrected chi connectivity index (χ4v) is 1.76. The average molecular weight is 216 g/mol. The smallest absolute Gasteiger partial charge is 0.121 e. The van der Waals surface area contributed by atoms with Crippen LogP contribution in [0.15, 0.2) is 24.5 Å². The summed E-state index contributed by atoms with van der Waals surface area (Å²) in [5, 5.41) is 1.09. The third-order valence-corrected chi connectivity index (χ3v) is 2.55. The Morgan fingerprint density at radius 3 is 2.50 bits per heavy atom. The standard InChI is InChI=1S/C13H16N2O/c1-13(2,3)12-10-6-5-9(16-4)7-11(10)14-8-15-12/h5-8H,1-4H3. The maximum absolute atomic E-state index is 5.19. The number of methoxy groups -OCH3 is 1. The molecule has 0 bridgehead atoms. The lowest BCUT2D eigenvalue weighted by Gasteiger charge is -2.19. The van der Waals surface area contributed by atoms with Crippen molar-refractivity contribution >= 4 is 10.9 Å². The summed E-state index contributed by atoms with van der Waals surface area (Å²) in [6.45, 7) is 6.46. The van der Waals surface area contributed by atoms with Crippen molar-refractivity contribution in [1.29, 1.82) is 0 Å². The molecule has 1 heterocycles. The SMILES string of the molecule is COc1ccc2c(C(C)(C)C)ncnc2c1. The van der Waals surface area contributed by atoms with Crippen molar-refractivity contribution in [2.45, 2.75) is 26.2 Å². The number of aromatic nitrogens is 2. The van der Waals surface area contributed by atoms with Gasteiger partial charge in [0, 0.05) is 16.9 Å². The first-order valence-corrected chi connectivity index (χ1v) is 5.31. The minimum absolute atomic E-state index is 0.0236. The van der Waals surface area contributed by atoms with Crippen molar-refractivity contribution in [3.05, 3.63) is 30.2 Å². The first-order valence-electron chi connectivity index (χ1n) is 5.31. The van der Waals surface area contributed by atoms with Gasteiger partial charge in [0.15, 0.2) is 0 Å². The van der Waals surface area contributed by atoms with Crippen LogP contribution in [-0.2, 0) is 5.41 Å². The van der Waals surface area contributed by atoms with Gasteiger partial charge in [-0.05, 0) is 12.1 Å². The van der Waals surface area contributed by atoms with Crippen LogP contribution < -0.4 is 4.74 Å². The van der Waals surface area contributed by atoms with E-state index in [2.05, 4.69) is 30.7 Å². The van der Waals surface area contributed by atoms with Gasteiger partial charge in [0.1, 0.15) is 12.1 Å². The average Bonchev–Trinajstić information content (AvgIpc) is 2.26. The summed E-state index contributed by atoms with van der Waals surface area (Å²) in [5.74, 6) is 0.825. The number of rotatable bonds is 1. The molecule has 0 radical (unpaired) electrons. The molecule has 1 aromatic heterocycles. The molecule has 0 aliphatic rings. The van der Waals surface area contributed by atoms with E-state index < -0.39 is 0 Å². The van der Waals surface area contributed by atoms with Crippen molar-refractivity contribution in [1.82, 2.24) is 9.97 Å². The zero-order valence-corrected chi connectivity index (χ0v) is 10.1. The Morgan fingerprint density at radius 2 is 1.88 bits per heavy atom. The molecule has 16 heavy (non-hydrogen) atoms. The van der Waals surface area contributed by atoms with Gasteiger partial charge >= 0.3 is 0 Å². The summed E-state index contributed by atoms with van der Waals surface area (Å²) >= 11 is 0. The molecule has 84 valence electrons. The van der Waals surface area contributed by atoms with E-state index in [1.54, 1.807) is 13.4 Å². The molecule has 1 aromatic carbocycles. The van der Waals surface area contributed by atoms with Crippen molar-refractivity contribution in [3.63, 3.8) is 0 Å². The highest BCUT2D eigenvalue weighted by molar-refractivity contribution is 5.82. The van der Waals surface area contributed by atoms with Crippen molar-refractivity contribution in [3.8, 4) is 5.75 Å². The largest absolute Gasteiger partial charge is 0.497 e. The highest BCUT2D eigenvalue weighted by atomic mass is 16.5. The molecule has 0 fully saturated rings. The molecular weight excluding hydrogens is 200 g/mol. The van der Waals surface area contributed by atoms with Gasteiger partial charge < -0.3 is 4.74 Å². The first kappa shape index (κ1) is 10.9. The quantitative estimate of drug-likeness (QED) is 0.735. The summed E-state index contributed by atoms with van der Waals surface area (Å²) in [7, 11) is 1.66. The van der Waals surface area contributed by atoms with Crippen LogP contribution in [0, 0.1) is 0 Å². The van der Waals surface area contributed by atoms with Crippen molar-refractivity contribution < 1.29 is 4.74 Å². The maximum Gasteiger partial charge on any atom is 0.121 e. The lowest BCUT2D eigenvalue weighted by Crippen LogP contribution is -2.14. The second-order valence-corrected chi connectivity index (χ2v) is 4.86. The number of ether oxygens (including phenoxy) is 1. The van der Waals surface area contributed by atoms with Crippen LogP contribution in [0.1, 0.15) is 26.5 Å². The molecule has 0 N–H and O–H groups in total. The molecule has 2 rings (SSSR count). The van der Waals surface area contributed by atoms with Crippen LogP contribution in [0.4, 0.5) is 0 Å². The minimum Gasteiger partial charge on any atom is -0.497 e. The molecule has 0 atom stereocenters. The van der Waals surface area contributed by atoms with Gasteiger partial charge in [-0.25, -0.2) is 9.97 Å². The highest BCUT2D eigenvalue weighted by Crippen LogP contribution is 2.28. The van der Waals surface area contributed by atoms with Gasteiger partial charge in [-0.15, -0.1) is 0 Å². The highest BCUT2D eigenvalue weighted by Gasteiger charge is 2.18. The summed E-state index contributed by atoms with van der Waals surface area (Å²) in [6, 6.07) is 5.90. The summed E-state index contributed by atoms with van der Waals surface area (Å²) in [4.78, 5) is 8.65. The van der Waals surface area contributed by atoms with Gasteiger partial charge in [-0.2, -0.15) is 0 Å². The summed E-state index contributed by atoms with van der Waals surface area (Å²) < 4.78 is 5.19. The number of hydrogen-bond donors (Lipinski definition) is 0. The second kappa shape index (κ2) is 3.74. The second-order valence-electron chi connectivity index (χ2n) is 4.86. The van der Waals surface area contributed by atoms with E-state index in [1.807, 2.05) is 18.2 Å². The normalized spacial score (nSPS) is 11.8. The minimum atomic E-state index is 0.0236. The van der Waals surface area contributed by atoms with Gasteiger partial charge in [0.25, 0.3) is 0 Å². The molecule has 0 unspecified atom stereocenters. The van der Waals surface area contributed by atoms with E-state index in [4.69, 9.17) is 4.74 Å². The number of hydrogen-bond acceptors (Lipinski definition) is 3. The van der Waals surface area contributed by atoms with Crippen LogP contribution in [0.25, 0.3) is 10.9 Å². The fourth-order valence-electron chi connectivity index (χ4n) is 1.76. The van der Waals surface area contributed by atoms with Crippen LogP contribution in [0.3, 0.4) is 0 Å². The van der Waals surface area contributed by atoms with Crippen molar-refractivity contribution in [2.75, 3.05) is 7.11 Å². The first-order chi connectivity index (χ1) is 7.52. The Morgan fingerprint density at radius 1 is 1.12 bits per heavy atom. The fraction of sp³-hybridized carbons (Fsp3) is 0.385. The lowest BCUT2D eigenvalue weighted by atomic mass is 9.89. The van der Waals surface area contributed by atoms with Gasteiger partial charge in [-0.1, -0.05) is 20.8 Å². The van der Waals surface area contributed by atoms with Crippen LogP contribution in [-0.4, -0.2) is 17.1 Å². The topological polar surface area (TPSA) is 35.0 Å². The van der Waals surface area contributed by atoms with E-state index >= 15 is 0 Å². The zero-order valence-electron chi connectivity index (χ0n) is 10.1. The third kappa shape index (κ3) is 1.85. The lowest BCUT2D eigenvalue weighted by molar-refractivity contribution is 0.415. The molecule has 0 spiro atoms. The summed E-state index contributed by atoms with van der Waals surface area (Å²) in [6.07, 6.45) is 1.61. The molecule has 3 nitrogen and oxygen atoms in total. The van der Waals surface area contributed by atoms with E-state index in [9.17, 15) is 0 Å². The third-order valence-electron chi connectivity index (χ3n) is 2.55. The van der Waals surface area contributed by atoms with E-state index in [1.165, 1.54) is 0 Å². The maximum atomic E-state index is 5.19. The zero-order chi connectivity index (χ0) is 11.8. The van der Waals surface area contributed by atoms with Gasteiger partial charge in [0.05, 0.1) is 18.3 Å². The molecular formula is C13H16N2O.